The molecule has 0 saturated carbocycles. The number of aromatic nitrogens is 2. The molecule has 0 radical (unpaired) electrons. The van der Waals surface area contributed by atoms with Crippen LogP contribution >= 0.6 is 0 Å². The number of nitrogens with zero attached hydrogens (tertiary/aromatic N) is 1. The van der Waals surface area contributed by atoms with E-state index in [2.05, 4.69) is 22.2 Å². The maximum absolute atomic E-state index is 12.9. The van der Waals surface area contributed by atoms with Crippen LogP contribution in [0.4, 0.5) is 4.39 Å². The highest BCUT2D eigenvalue weighted by molar-refractivity contribution is 5.17. The van der Waals surface area contributed by atoms with Crippen LogP contribution in [0.25, 0.3) is 0 Å². The predicted octanol–water partition coefficient (Wildman–Crippen LogP) is 2.70. The predicted molar refractivity (Wildman–Crippen MR) is 74.5 cm³/mol. The van der Waals surface area contributed by atoms with Gasteiger partial charge in [0.25, 0.3) is 0 Å². The van der Waals surface area contributed by atoms with Gasteiger partial charge in [0.1, 0.15) is 11.6 Å². The minimum absolute atomic E-state index is 0.187. The molecule has 0 aliphatic carbocycles. The van der Waals surface area contributed by atoms with E-state index in [4.69, 9.17) is 0 Å². The summed E-state index contributed by atoms with van der Waals surface area (Å²) in [5, 5.41) is 3.52. The number of hydrogen-bond acceptors (Lipinski definition) is 2. The fourth-order valence-corrected chi connectivity index (χ4v) is 2.11. The number of imidazole rings is 1. The van der Waals surface area contributed by atoms with Crippen LogP contribution in [0.1, 0.15) is 24.7 Å². The molecule has 102 valence electrons. The number of benzene rings is 1. The molecular formula is C15H20FN3. The molecule has 0 aliphatic rings. The Morgan fingerprint density at radius 3 is 2.68 bits per heavy atom. The Balaban J connectivity index is 1.98. The fourth-order valence-electron chi connectivity index (χ4n) is 2.11. The molecule has 1 heterocycles. The van der Waals surface area contributed by atoms with Crippen molar-refractivity contribution >= 4 is 0 Å². The largest absolute Gasteiger partial charge is 0.349 e. The van der Waals surface area contributed by atoms with E-state index in [-0.39, 0.29) is 5.82 Å². The Labute approximate surface area is 113 Å². The summed E-state index contributed by atoms with van der Waals surface area (Å²) in [7, 11) is 0. The van der Waals surface area contributed by atoms with Gasteiger partial charge in [-0.15, -0.1) is 0 Å². The summed E-state index contributed by atoms with van der Waals surface area (Å²) in [6, 6.07) is 7.03. The molecule has 0 aliphatic heterocycles. The fraction of sp³-hybridized carbons (Fsp3) is 0.400. The third kappa shape index (κ3) is 4.48. The number of H-pyrrole nitrogens is 1. The molecule has 0 spiro atoms. The minimum atomic E-state index is -0.187. The lowest BCUT2D eigenvalue weighted by atomic mass is 10.0. The van der Waals surface area contributed by atoms with E-state index >= 15 is 0 Å². The summed E-state index contributed by atoms with van der Waals surface area (Å²) in [5.41, 5.74) is 1.14. The van der Waals surface area contributed by atoms with E-state index < -0.39 is 0 Å². The summed E-state index contributed by atoms with van der Waals surface area (Å²) in [6.07, 6.45) is 6.43. The van der Waals surface area contributed by atoms with Gasteiger partial charge in [0, 0.05) is 24.9 Å². The van der Waals surface area contributed by atoms with Gasteiger partial charge in [0.15, 0.2) is 0 Å². The molecule has 0 bridgehead atoms. The first-order valence-corrected chi connectivity index (χ1v) is 6.74. The second-order valence-electron chi connectivity index (χ2n) is 4.72. The maximum atomic E-state index is 12.9. The first-order chi connectivity index (χ1) is 9.28. The van der Waals surface area contributed by atoms with Crippen molar-refractivity contribution in [2.45, 2.75) is 32.2 Å². The van der Waals surface area contributed by atoms with E-state index in [1.165, 1.54) is 12.1 Å². The van der Waals surface area contributed by atoms with Crippen LogP contribution in [0.2, 0.25) is 0 Å². The standard InChI is InChI=1S/C15H20FN3/c1-2-7-17-14(11-15-18-8-9-19-15)10-12-3-5-13(16)6-4-12/h3-6,8-9,14,17H,2,7,10-11H2,1H3,(H,18,19). The number of aromatic amines is 1. The summed E-state index contributed by atoms with van der Waals surface area (Å²) in [6.45, 7) is 3.13. The molecule has 2 aromatic rings. The molecule has 1 atom stereocenters. The minimum Gasteiger partial charge on any atom is -0.349 e. The maximum Gasteiger partial charge on any atom is 0.123 e. The zero-order valence-electron chi connectivity index (χ0n) is 11.2. The molecule has 4 heteroatoms. The first-order valence-electron chi connectivity index (χ1n) is 6.74. The lowest BCUT2D eigenvalue weighted by molar-refractivity contribution is 0.496. The van der Waals surface area contributed by atoms with Crippen LogP contribution < -0.4 is 5.32 Å². The van der Waals surface area contributed by atoms with E-state index in [9.17, 15) is 4.39 Å². The van der Waals surface area contributed by atoms with E-state index in [1.54, 1.807) is 6.20 Å². The Morgan fingerprint density at radius 1 is 1.26 bits per heavy atom. The summed E-state index contributed by atoms with van der Waals surface area (Å²) in [5.74, 6) is 0.795. The van der Waals surface area contributed by atoms with Crippen LogP contribution in [0.15, 0.2) is 36.7 Å². The van der Waals surface area contributed by atoms with E-state index in [1.807, 2.05) is 18.3 Å². The highest BCUT2D eigenvalue weighted by Crippen LogP contribution is 2.08. The quantitative estimate of drug-likeness (QED) is 0.804. The average Bonchev–Trinajstić information content (AvgIpc) is 2.91. The van der Waals surface area contributed by atoms with Crippen molar-refractivity contribution in [1.29, 1.82) is 0 Å². The second-order valence-corrected chi connectivity index (χ2v) is 4.72. The number of hydrogen-bond donors (Lipinski definition) is 2. The van der Waals surface area contributed by atoms with Crippen LogP contribution in [-0.4, -0.2) is 22.6 Å². The molecule has 0 amide bonds. The molecule has 3 nitrogen and oxygen atoms in total. The smallest absolute Gasteiger partial charge is 0.123 e. The van der Waals surface area contributed by atoms with Gasteiger partial charge in [0.2, 0.25) is 0 Å². The van der Waals surface area contributed by atoms with Crippen LogP contribution in [-0.2, 0) is 12.8 Å². The monoisotopic (exact) mass is 261 g/mol. The van der Waals surface area contributed by atoms with Gasteiger partial charge in [-0.25, -0.2) is 9.37 Å². The number of halogens is 1. The van der Waals surface area contributed by atoms with Gasteiger partial charge in [-0.05, 0) is 37.1 Å². The van der Waals surface area contributed by atoms with Gasteiger partial charge < -0.3 is 10.3 Å². The van der Waals surface area contributed by atoms with Crippen molar-refractivity contribution in [3.8, 4) is 0 Å². The van der Waals surface area contributed by atoms with Crippen LogP contribution in [0.5, 0.6) is 0 Å². The van der Waals surface area contributed by atoms with Crippen molar-refractivity contribution in [2.75, 3.05) is 6.54 Å². The lowest BCUT2D eigenvalue weighted by Crippen LogP contribution is -2.34. The molecule has 1 aromatic carbocycles. The Hall–Kier alpha value is -1.68. The second kappa shape index (κ2) is 7.04. The van der Waals surface area contributed by atoms with E-state index in [0.717, 1.165) is 37.2 Å². The van der Waals surface area contributed by atoms with Crippen molar-refractivity contribution in [3.05, 3.63) is 53.9 Å². The molecular weight excluding hydrogens is 241 g/mol. The summed E-state index contributed by atoms with van der Waals surface area (Å²) in [4.78, 5) is 7.39. The highest BCUT2D eigenvalue weighted by atomic mass is 19.1. The highest BCUT2D eigenvalue weighted by Gasteiger charge is 2.11. The Morgan fingerprint density at radius 2 is 2.05 bits per heavy atom. The molecule has 1 aromatic heterocycles. The molecule has 1 unspecified atom stereocenters. The van der Waals surface area contributed by atoms with Crippen LogP contribution in [0, 0.1) is 5.82 Å². The van der Waals surface area contributed by atoms with Gasteiger partial charge in [-0.1, -0.05) is 19.1 Å². The zero-order chi connectivity index (χ0) is 13.5. The topological polar surface area (TPSA) is 40.7 Å². The zero-order valence-corrected chi connectivity index (χ0v) is 11.2. The SMILES string of the molecule is CCCNC(Cc1ccc(F)cc1)Cc1ncc[nH]1. The van der Waals surface area contributed by atoms with Crippen molar-refractivity contribution in [3.63, 3.8) is 0 Å². The molecule has 0 saturated heterocycles. The van der Waals surface area contributed by atoms with Crippen molar-refractivity contribution in [2.24, 2.45) is 0 Å². The lowest BCUT2D eigenvalue weighted by Gasteiger charge is -2.17. The average molecular weight is 261 g/mol. The van der Waals surface area contributed by atoms with Gasteiger partial charge in [0.05, 0.1) is 0 Å². The molecule has 0 fully saturated rings. The first kappa shape index (κ1) is 13.7. The van der Waals surface area contributed by atoms with Crippen molar-refractivity contribution < 1.29 is 4.39 Å². The Kier molecular flexibility index (Phi) is 5.10. The van der Waals surface area contributed by atoms with Gasteiger partial charge >= 0.3 is 0 Å². The molecule has 19 heavy (non-hydrogen) atoms. The van der Waals surface area contributed by atoms with Gasteiger partial charge in [-0.2, -0.15) is 0 Å². The van der Waals surface area contributed by atoms with Crippen molar-refractivity contribution in [1.82, 2.24) is 15.3 Å². The van der Waals surface area contributed by atoms with Crippen LogP contribution in [0.3, 0.4) is 0 Å². The molecule has 2 rings (SSSR count). The summed E-state index contributed by atoms with van der Waals surface area (Å²) < 4.78 is 12.9. The van der Waals surface area contributed by atoms with Gasteiger partial charge in [-0.3, -0.25) is 0 Å². The molecule has 2 N–H and O–H groups in total. The van der Waals surface area contributed by atoms with E-state index in [0.29, 0.717) is 6.04 Å². The Bertz CT molecular complexity index is 465. The third-order valence-corrected chi connectivity index (χ3v) is 3.07. The number of rotatable bonds is 7. The normalized spacial score (nSPS) is 12.5. The number of nitrogens with one attached hydrogen (secondary N) is 2. The third-order valence-electron chi connectivity index (χ3n) is 3.07. The summed E-state index contributed by atoms with van der Waals surface area (Å²) >= 11 is 0.